The lowest BCUT2D eigenvalue weighted by atomic mass is 10.1. The molecule has 1 aromatic heterocycles. The summed E-state index contributed by atoms with van der Waals surface area (Å²) in [6.45, 7) is 6.50. The van der Waals surface area contributed by atoms with Crippen LogP contribution in [0, 0.1) is 5.82 Å². The van der Waals surface area contributed by atoms with Crippen LogP contribution in [0.5, 0.6) is 0 Å². The average Bonchev–Trinajstić information content (AvgIpc) is 3.13. The molecule has 1 amide bonds. The first kappa shape index (κ1) is 19.8. The van der Waals surface area contributed by atoms with Gasteiger partial charge in [-0.2, -0.15) is 0 Å². The Morgan fingerprint density at radius 1 is 1.10 bits per heavy atom. The van der Waals surface area contributed by atoms with Gasteiger partial charge in [0.05, 0.1) is 0 Å². The number of amides is 1. The van der Waals surface area contributed by atoms with Gasteiger partial charge in [0.1, 0.15) is 5.82 Å². The van der Waals surface area contributed by atoms with E-state index in [-0.39, 0.29) is 23.8 Å². The van der Waals surface area contributed by atoms with Crippen LogP contribution < -0.4 is 0 Å². The predicted octanol–water partition coefficient (Wildman–Crippen LogP) is 5.18. The van der Waals surface area contributed by atoms with Crippen molar-refractivity contribution in [2.75, 3.05) is 13.1 Å². The Hall–Kier alpha value is -2.50. The molecule has 29 heavy (non-hydrogen) atoms. The van der Waals surface area contributed by atoms with Crippen molar-refractivity contribution >= 4 is 33.4 Å². The Morgan fingerprint density at radius 3 is 2.66 bits per heavy atom. The van der Waals surface area contributed by atoms with Crippen molar-refractivity contribution in [2.45, 2.75) is 32.5 Å². The number of fused-ring (bicyclic) bond motifs is 1. The van der Waals surface area contributed by atoms with Crippen molar-refractivity contribution in [1.29, 1.82) is 0 Å². The minimum absolute atomic E-state index is 0.0565. The summed E-state index contributed by atoms with van der Waals surface area (Å²) in [6, 6.07) is 15.3. The molecule has 4 rings (SSSR count). The standard InChI is InChI=1S/C24H25FN2OS/c1-17-14-27(18(2)13-26(17)15-19-7-10-21(25)11-8-19)24(28)12-9-20-16-29-23-6-4-3-5-22(20)23/h3-12,16-18H,13-15H2,1-2H3/t17-,18+/m1/s1. The molecular weight excluding hydrogens is 383 g/mol. The maximum atomic E-state index is 13.1. The lowest BCUT2D eigenvalue weighted by molar-refractivity contribution is -0.131. The molecule has 5 heteroatoms. The number of piperazine rings is 1. The Labute approximate surface area is 175 Å². The molecule has 0 radical (unpaired) electrons. The van der Waals surface area contributed by atoms with Crippen LogP contribution in [0.25, 0.3) is 16.2 Å². The molecule has 0 saturated carbocycles. The van der Waals surface area contributed by atoms with Gasteiger partial charge >= 0.3 is 0 Å². The number of halogens is 1. The first-order valence-electron chi connectivity index (χ1n) is 9.94. The van der Waals surface area contributed by atoms with Crippen LogP contribution in [0.2, 0.25) is 0 Å². The SMILES string of the molecule is C[C@@H]1CN(C(=O)C=Cc2csc3ccccc23)[C@@H](C)CN1Cc1ccc(F)cc1. The first-order valence-corrected chi connectivity index (χ1v) is 10.8. The summed E-state index contributed by atoms with van der Waals surface area (Å²) in [5.74, 6) is -0.156. The zero-order valence-corrected chi connectivity index (χ0v) is 17.5. The van der Waals surface area contributed by atoms with E-state index in [0.29, 0.717) is 6.54 Å². The van der Waals surface area contributed by atoms with E-state index in [2.05, 4.69) is 36.3 Å². The lowest BCUT2D eigenvalue weighted by Crippen LogP contribution is -2.57. The van der Waals surface area contributed by atoms with E-state index >= 15 is 0 Å². The number of thiophene rings is 1. The second-order valence-corrected chi connectivity index (χ2v) is 8.68. The number of carbonyl (C=O) groups is 1. The highest BCUT2D eigenvalue weighted by atomic mass is 32.1. The van der Waals surface area contributed by atoms with Gasteiger partial charge in [0.15, 0.2) is 0 Å². The van der Waals surface area contributed by atoms with E-state index in [1.807, 2.05) is 35.2 Å². The highest BCUT2D eigenvalue weighted by Crippen LogP contribution is 2.27. The Bertz CT molecular complexity index is 1030. The monoisotopic (exact) mass is 408 g/mol. The summed E-state index contributed by atoms with van der Waals surface area (Å²) in [5.41, 5.74) is 2.18. The van der Waals surface area contributed by atoms with Crippen molar-refractivity contribution in [3.63, 3.8) is 0 Å². The zero-order chi connectivity index (χ0) is 20.4. The molecule has 0 spiro atoms. The van der Waals surface area contributed by atoms with Gasteiger partial charge in [-0.05, 0) is 60.0 Å². The molecule has 2 atom stereocenters. The predicted molar refractivity (Wildman–Crippen MR) is 118 cm³/mol. The molecule has 1 saturated heterocycles. The number of hydrogen-bond acceptors (Lipinski definition) is 3. The maximum Gasteiger partial charge on any atom is 0.246 e. The van der Waals surface area contributed by atoms with Gasteiger partial charge in [-0.1, -0.05) is 30.3 Å². The molecule has 0 bridgehead atoms. The summed E-state index contributed by atoms with van der Waals surface area (Å²) >= 11 is 1.70. The summed E-state index contributed by atoms with van der Waals surface area (Å²) in [4.78, 5) is 17.2. The van der Waals surface area contributed by atoms with Crippen LogP contribution >= 0.6 is 11.3 Å². The van der Waals surface area contributed by atoms with Gasteiger partial charge in [-0.25, -0.2) is 4.39 Å². The maximum absolute atomic E-state index is 13.1. The van der Waals surface area contributed by atoms with Crippen LogP contribution in [0.3, 0.4) is 0 Å². The third kappa shape index (κ3) is 4.41. The van der Waals surface area contributed by atoms with Crippen LogP contribution in [0.4, 0.5) is 4.39 Å². The minimum Gasteiger partial charge on any atom is -0.334 e. The molecule has 2 aromatic carbocycles. The Morgan fingerprint density at radius 2 is 1.86 bits per heavy atom. The zero-order valence-electron chi connectivity index (χ0n) is 16.7. The number of nitrogens with zero attached hydrogens (tertiary/aromatic N) is 2. The van der Waals surface area contributed by atoms with Crippen molar-refractivity contribution in [3.8, 4) is 0 Å². The summed E-state index contributed by atoms with van der Waals surface area (Å²) in [7, 11) is 0. The van der Waals surface area contributed by atoms with Crippen molar-refractivity contribution in [2.24, 2.45) is 0 Å². The van der Waals surface area contributed by atoms with E-state index in [1.165, 1.54) is 22.2 Å². The second-order valence-electron chi connectivity index (χ2n) is 7.77. The van der Waals surface area contributed by atoms with E-state index in [4.69, 9.17) is 0 Å². The minimum atomic E-state index is -0.212. The quantitative estimate of drug-likeness (QED) is 0.556. The fraction of sp³-hybridized carbons (Fsp3) is 0.292. The number of benzene rings is 2. The third-order valence-electron chi connectivity index (χ3n) is 5.61. The topological polar surface area (TPSA) is 23.6 Å². The molecule has 0 N–H and O–H groups in total. The van der Waals surface area contributed by atoms with Gasteiger partial charge < -0.3 is 4.90 Å². The normalized spacial score (nSPS) is 20.6. The number of rotatable bonds is 4. The van der Waals surface area contributed by atoms with Gasteiger partial charge in [0.25, 0.3) is 0 Å². The van der Waals surface area contributed by atoms with Crippen LogP contribution in [0.1, 0.15) is 25.0 Å². The van der Waals surface area contributed by atoms with Crippen LogP contribution in [0.15, 0.2) is 60.0 Å². The smallest absolute Gasteiger partial charge is 0.246 e. The number of carbonyl (C=O) groups excluding carboxylic acids is 1. The molecule has 1 fully saturated rings. The summed E-state index contributed by atoms with van der Waals surface area (Å²) < 4.78 is 14.4. The summed E-state index contributed by atoms with van der Waals surface area (Å²) in [5, 5.41) is 3.29. The van der Waals surface area contributed by atoms with Gasteiger partial charge in [0.2, 0.25) is 5.91 Å². The van der Waals surface area contributed by atoms with Gasteiger partial charge in [-0.15, -0.1) is 11.3 Å². The average molecular weight is 409 g/mol. The first-order chi connectivity index (χ1) is 14.0. The van der Waals surface area contributed by atoms with Gasteiger partial charge in [-0.3, -0.25) is 9.69 Å². The molecule has 0 aliphatic carbocycles. The molecule has 1 aliphatic heterocycles. The molecule has 3 nitrogen and oxygen atoms in total. The van der Waals surface area contributed by atoms with Crippen molar-refractivity contribution in [3.05, 3.63) is 76.9 Å². The van der Waals surface area contributed by atoms with E-state index < -0.39 is 0 Å². The van der Waals surface area contributed by atoms with E-state index in [0.717, 1.165) is 24.2 Å². The fourth-order valence-electron chi connectivity index (χ4n) is 3.93. The molecule has 150 valence electrons. The Kier molecular flexibility index (Phi) is 5.79. The van der Waals surface area contributed by atoms with E-state index in [9.17, 15) is 9.18 Å². The highest BCUT2D eigenvalue weighted by molar-refractivity contribution is 7.17. The molecule has 3 aromatic rings. The molecular formula is C24H25FN2OS. The van der Waals surface area contributed by atoms with Gasteiger partial charge in [0, 0.05) is 42.5 Å². The molecule has 1 aliphatic rings. The van der Waals surface area contributed by atoms with Crippen molar-refractivity contribution < 1.29 is 9.18 Å². The lowest BCUT2D eigenvalue weighted by Gasteiger charge is -2.43. The Balaban J connectivity index is 1.41. The second kappa shape index (κ2) is 8.47. The van der Waals surface area contributed by atoms with Crippen molar-refractivity contribution in [1.82, 2.24) is 9.80 Å². The summed E-state index contributed by atoms with van der Waals surface area (Å²) in [6.07, 6.45) is 3.64. The van der Waals surface area contributed by atoms with Crippen LogP contribution in [-0.4, -0.2) is 40.9 Å². The fourth-order valence-corrected chi connectivity index (χ4v) is 4.86. The van der Waals surface area contributed by atoms with E-state index in [1.54, 1.807) is 17.4 Å². The largest absolute Gasteiger partial charge is 0.334 e. The van der Waals surface area contributed by atoms with Crippen LogP contribution in [-0.2, 0) is 11.3 Å². The third-order valence-corrected chi connectivity index (χ3v) is 6.60. The molecule has 0 unspecified atom stereocenters. The highest BCUT2D eigenvalue weighted by Gasteiger charge is 2.31. The number of hydrogen-bond donors (Lipinski definition) is 0. The molecule has 2 heterocycles.